The van der Waals surface area contributed by atoms with Crippen molar-refractivity contribution >= 4 is 0 Å². The van der Waals surface area contributed by atoms with Crippen LogP contribution >= 0.6 is 0 Å². The summed E-state index contributed by atoms with van der Waals surface area (Å²) >= 11 is 0. The molecule has 0 fully saturated rings. The molecule has 2 unspecified atom stereocenters. The average Bonchev–Trinajstić information content (AvgIpc) is 2.59. The molecule has 0 radical (unpaired) electrons. The van der Waals surface area contributed by atoms with Crippen molar-refractivity contribution in [3.05, 3.63) is 71.8 Å². The number of rotatable bonds is 9. The zero-order valence-corrected chi connectivity index (χ0v) is 14.2. The fourth-order valence-electron chi connectivity index (χ4n) is 3.36. The Kier molecular flexibility index (Phi) is 7.22. The summed E-state index contributed by atoms with van der Waals surface area (Å²) in [5, 5.41) is 0. The Morgan fingerprint density at radius 1 is 0.682 bits per heavy atom. The molecule has 0 heteroatoms. The minimum Gasteiger partial charge on any atom is -0.0654 e. The average molecular weight is 294 g/mol. The van der Waals surface area contributed by atoms with Gasteiger partial charge in [0.15, 0.2) is 0 Å². The van der Waals surface area contributed by atoms with Crippen LogP contribution in [-0.4, -0.2) is 0 Å². The standard InChI is InChI=1S/C22H30/c1-3-4-5-6-13-18-22(21-16-11-8-12-17-21)19(2)20-14-9-7-10-15-20/h7-12,14-17,19,22H,3-6,13,18H2,1-2H3. The molecule has 0 saturated carbocycles. The van der Waals surface area contributed by atoms with Crippen LogP contribution in [0, 0.1) is 0 Å². The molecule has 0 saturated heterocycles. The van der Waals surface area contributed by atoms with Crippen molar-refractivity contribution in [2.75, 3.05) is 0 Å². The van der Waals surface area contributed by atoms with E-state index in [1.807, 2.05) is 0 Å². The third kappa shape index (κ3) is 5.02. The van der Waals surface area contributed by atoms with Crippen LogP contribution in [0.25, 0.3) is 0 Å². The maximum atomic E-state index is 2.39. The van der Waals surface area contributed by atoms with Crippen LogP contribution in [-0.2, 0) is 0 Å². The van der Waals surface area contributed by atoms with Gasteiger partial charge in [0.1, 0.15) is 0 Å². The van der Waals surface area contributed by atoms with Gasteiger partial charge < -0.3 is 0 Å². The van der Waals surface area contributed by atoms with Gasteiger partial charge in [-0.2, -0.15) is 0 Å². The van der Waals surface area contributed by atoms with Crippen LogP contribution in [0.2, 0.25) is 0 Å². The lowest BCUT2D eigenvalue weighted by molar-refractivity contribution is 0.493. The van der Waals surface area contributed by atoms with Gasteiger partial charge in [0.05, 0.1) is 0 Å². The number of hydrogen-bond donors (Lipinski definition) is 0. The summed E-state index contributed by atoms with van der Waals surface area (Å²) < 4.78 is 0. The number of benzene rings is 2. The van der Waals surface area contributed by atoms with Crippen LogP contribution in [0.1, 0.15) is 75.3 Å². The van der Waals surface area contributed by atoms with Gasteiger partial charge in [0, 0.05) is 0 Å². The lowest BCUT2D eigenvalue weighted by Gasteiger charge is -2.25. The molecule has 0 aliphatic carbocycles. The monoisotopic (exact) mass is 294 g/mol. The molecule has 0 spiro atoms. The number of hydrogen-bond acceptors (Lipinski definition) is 0. The highest BCUT2D eigenvalue weighted by molar-refractivity contribution is 5.27. The summed E-state index contributed by atoms with van der Waals surface area (Å²) in [6, 6.07) is 22.1. The van der Waals surface area contributed by atoms with Crippen molar-refractivity contribution in [3.63, 3.8) is 0 Å². The first-order chi connectivity index (χ1) is 10.8. The Labute approximate surface area is 136 Å². The van der Waals surface area contributed by atoms with Crippen molar-refractivity contribution in [3.8, 4) is 0 Å². The van der Waals surface area contributed by atoms with Gasteiger partial charge in [-0.25, -0.2) is 0 Å². The molecule has 0 heterocycles. The van der Waals surface area contributed by atoms with Crippen LogP contribution < -0.4 is 0 Å². The van der Waals surface area contributed by atoms with Gasteiger partial charge in [-0.15, -0.1) is 0 Å². The Balaban J connectivity index is 2.05. The summed E-state index contributed by atoms with van der Waals surface area (Å²) in [6.45, 7) is 4.67. The second-order valence-electron chi connectivity index (χ2n) is 6.42. The minimum absolute atomic E-state index is 0.578. The molecule has 2 rings (SSSR count). The SMILES string of the molecule is CCCCCCCC(c1ccccc1)C(C)c1ccccc1. The van der Waals surface area contributed by atoms with E-state index in [0.717, 1.165) is 0 Å². The van der Waals surface area contributed by atoms with Gasteiger partial charge in [-0.3, -0.25) is 0 Å². The summed E-state index contributed by atoms with van der Waals surface area (Å²) in [7, 11) is 0. The van der Waals surface area contributed by atoms with E-state index in [0.29, 0.717) is 11.8 Å². The summed E-state index contributed by atoms with van der Waals surface area (Å²) in [6.07, 6.45) is 8.10. The first-order valence-electron chi connectivity index (χ1n) is 8.92. The minimum atomic E-state index is 0.578. The Bertz CT molecular complexity index is 500. The zero-order valence-electron chi connectivity index (χ0n) is 14.2. The van der Waals surface area contributed by atoms with Crippen molar-refractivity contribution < 1.29 is 0 Å². The highest BCUT2D eigenvalue weighted by atomic mass is 14.2. The second-order valence-corrected chi connectivity index (χ2v) is 6.42. The van der Waals surface area contributed by atoms with E-state index in [2.05, 4.69) is 74.5 Å². The molecular weight excluding hydrogens is 264 g/mol. The Hall–Kier alpha value is -1.56. The third-order valence-corrected chi connectivity index (χ3v) is 4.78. The second kappa shape index (κ2) is 9.46. The molecule has 0 amide bonds. The third-order valence-electron chi connectivity index (χ3n) is 4.78. The van der Waals surface area contributed by atoms with Gasteiger partial charge in [-0.05, 0) is 29.4 Å². The highest BCUT2D eigenvalue weighted by Crippen LogP contribution is 2.36. The molecule has 2 aromatic rings. The fourth-order valence-corrected chi connectivity index (χ4v) is 3.36. The maximum Gasteiger partial charge on any atom is -0.00957 e. The Morgan fingerprint density at radius 2 is 1.23 bits per heavy atom. The largest absolute Gasteiger partial charge is 0.0654 e. The topological polar surface area (TPSA) is 0 Å². The van der Waals surface area contributed by atoms with E-state index in [1.165, 1.54) is 49.7 Å². The zero-order chi connectivity index (χ0) is 15.6. The summed E-state index contributed by atoms with van der Waals surface area (Å²) in [4.78, 5) is 0. The quantitative estimate of drug-likeness (QED) is 0.440. The van der Waals surface area contributed by atoms with E-state index in [-0.39, 0.29) is 0 Å². The summed E-state index contributed by atoms with van der Waals surface area (Å²) in [5.41, 5.74) is 2.96. The molecular formula is C22H30. The lowest BCUT2D eigenvalue weighted by Crippen LogP contribution is -2.09. The Morgan fingerprint density at radius 3 is 1.82 bits per heavy atom. The van der Waals surface area contributed by atoms with E-state index < -0.39 is 0 Å². The van der Waals surface area contributed by atoms with Gasteiger partial charge in [-0.1, -0.05) is 107 Å². The van der Waals surface area contributed by atoms with Crippen LogP contribution in [0.15, 0.2) is 60.7 Å². The van der Waals surface area contributed by atoms with E-state index in [9.17, 15) is 0 Å². The van der Waals surface area contributed by atoms with Gasteiger partial charge in [0.2, 0.25) is 0 Å². The van der Waals surface area contributed by atoms with Gasteiger partial charge >= 0.3 is 0 Å². The maximum absolute atomic E-state index is 2.39. The van der Waals surface area contributed by atoms with Crippen molar-refractivity contribution in [1.82, 2.24) is 0 Å². The molecule has 2 atom stereocenters. The molecule has 0 aliphatic heterocycles. The van der Waals surface area contributed by atoms with Gasteiger partial charge in [0.25, 0.3) is 0 Å². The molecule has 0 N–H and O–H groups in total. The smallest absolute Gasteiger partial charge is 0.00957 e. The molecule has 0 nitrogen and oxygen atoms in total. The van der Waals surface area contributed by atoms with E-state index in [1.54, 1.807) is 0 Å². The molecule has 0 aromatic heterocycles. The number of unbranched alkanes of at least 4 members (excludes halogenated alkanes) is 4. The van der Waals surface area contributed by atoms with Crippen LogP contribution in [0.4, 0.5) is 0 Å². The predicted octanol–water partition coefficient (Wildman–Crippen LogP) is 6.93. The first kappa shape index (κ1) is 16.8. The van der Waals surface area contributed by atoms with Crippen LogP contribution in [0.3, 0.4) is 0 Å². The normalized spacial score (nSPS) is 13.7. The van der Waals surface area contributed by atoms with E-state index >= 15 is 0 Å². The van der Waals surface area contributed by atoms with E-state index in [4.69, 9.17) is 0 Å². The van der Waals surface area contributed by atoms with Crippen molar-refractivity contribution in [2.24, 2.45) is 0 Å². The van der Waals surface area contributed by atoms with Crippen molar-refractivity contribution in [2.45, 2.75) is 64.2 Å². The first-order valence-corrected chi connectivity index (χ1v) is 8.92. The predicted molar refractivity (Wildman–Crippen MR) is 97.4 cm³/mol. The molecule has 0 bridgehead atoms. The van der Waals surface area contributed by atoms with Crippen LogP contribution in [0.5, 0.6) is 0 Å². The molecule has 22 heavy (non-hydrogen) atoms. The molecule has 2 aromatic carbocycles. The highest BCUT2D eigenvalue weighted by Gasteiger charge is 2.20. The molecule has 118 valence electrons. The molecule has 0 aliphatic rings. The lowest BCUT2D eigenvalue weighted by atomic mass is 9.79. The fraction of sp³-hybridized carbons (Fsp3) is 0.455. The van der Waals surface area contributed by atoms with Crippen molar-refractivity contribution in [1.29, 1.82) is 0 Å². The summed E-state index contributed by atoms with van der Waals surface area (Å²) in [5.74, 6) is 1.21.